The average molecular weight is 138 g/mol. The van der Waals surface area contributed by atoms with Crippen molar-refractivity contribution in [2.75, 3.05) is 26.7 Å². The predicted molar refractivity (Wildman–Crippen MR) is 44.6 cm³/mol. The smallest absolute Gasteiger partial charge is 0.212 e. The maximum Gasteiger partial charge on any atom is 0.212 e. The minimum atomic E-state index is 0.688. The minimum Gasteiger partial charge on any atom is -0.347 e. The van der Waals surface area contributed by atoms with Gasteiger partial charge in [0.15, 0.2) is 0 Å². The highest BCUT2D eigenvalue weighted by Gasteiger charge is 2.40. The molecular formula is C7H15BN2. The molecule has 1 N–H and O–H groups in total. The zero-order chi connectivity index (χ0) is 7.03. The van der Waals surface area contributed by atoms with Crippen LogP contribution in [0.5, 0.6) is 0 Å². The van der Waals surface area contributed by atoms with E-state index in [2.05, 4.69) is 17.2 Å². The number of nitrogens with one attached hydrogen (secondary N) is 1. The van der Waals surface area contributed by atoms with Crippen molar-refractivity contribution in [3.8, 4) is 0 Å². The third-order valence-corrected chi connectivity index (χ3v) is 2.85. The first kappa shape index (κ1) is 6.68. The fourth-order valence-electron chi connectivity index (χ4n) is 2.22. The van der Waals surface area contributed by atoms with Crippen LogP contribution in [0.4, 0.5) is 0 Å². The van der Waals surface area contributed by atoms with Gasteiger partial charge in [-0.2, -0.15) is 0 Å². The van der Waals surface area contributed by atoms with E-state index in [-0.39, 0.29) is 0 Å². The van der Waals surface area contributed by atoms with E-state index in [4.69, 9.17) is 0 Å². The second kappa shape index (κ2) is 2.24. The Hall–Kier alpha value is -0.0151. The van der Waals surface area contributed by atoms with Crippen LogP contribution >= 0.6 is 0 Å². The molecule has 1 spiro atoms. The fraction of sp³-hybridized carbons (Fsp3) is 1.00. The summed E-state index contributed by atoms with van der Waals surface area (Å²) in [4.78, 5) is 2.46. The molecule has 0 unspecified atom stereocenters. The van der Waals surface area contributed by atoms with E-state index < -0.39 is 0 Å². The molecule has 0 aromatic heterocycles. The summed E-state index contributed by atoms with van der Waals surface area (Å²) >= 11 is 0. The van der Waals surface area contributed by atoms with E-state index in [1.165, 1.54) is 39.9 Å². The third kappa shape index (κ3) is 0.975. The fourth-order valence-corrected chi connectivity index (χ4v) is 2.22. The van der Waals surface area contributed by atoms with Gasteiger partial charge in [0.05, 0.1) is 0 Å². The first-order valence-electron chi connectivity index (χ1n) is 4.20. The van der Waals surface area contributed by atoms with E-state index in [1.807, 2.05) is 0 Å². The number of hydrogen-bond donors (Lipinski definition) is 1. The van der Waals surface area contributed by atoms with Crippen LogP contribution in [-0.4, -0.2) is 38.9 Å². The van der Waals surface area contributed by atoms with E-state index in [0.717, 1.165) is 0 Å². The van der Waals surface area contributed by atoms with Gasteiger partial charge < -0.3 is 10.1 Å². The molecule has 0 radical (unpaired) electrons. The Labute approximate surface area is 63.2 Å². The maximum atomic E-state index is 3.37. The monoisotopic (exact) mass is 138 g/mol. The lowest BCUT2D eigenvalue weighted by molar-refractivity contribution is 0.281. The molecule has 2 fully saturated rings. The van der Waals surface area contributed by atoms with Crippen LogP contribution in [0, 0.1) is 0 Å². The third-order valence-electron chi connectivity index (χ3n) is 2.85. The molecule has 56 valence electrons. The number of nitrogens with zero attached hydrogens (tertiary/aromatic N) is 1. The van der Waals surface area contributed by atoms with Gasteiger partial charge in [0.25, 0.3) is 0 Å². The molecule has 2 rings (SSSR count). The summed E-state index contributed by atoms with van der Waals surface area (Å²) in [6, 6.07) is 0. The number of hydrogen-bond acceptors (Lipinski definition) is 2. The highest BCUT2D eigenvalue weighted by molar-refractivity contribution is 6.37. The van der Waals surface area contributed by atoms with Crippen molar-refractivity contribution in [3.63, 3.8) is 0 Å². The van der Waals surface area contributed by atoms with Crippen molar-refractivity contribution < 1.29 is 0 Å². The molecule has 2 nitrogen and oxygen atoms in total. The van der Waals surface area contributed by atoms with Gasteiger partial charge in [-0.3, -0.25) is 0 Å². The molecule has 0 aromatic rings. The van der Waals surface area contributed by atoms with Crippen molar-refractivity contribution >= 4 is 7.41 Å². The van der Waals surface area contributed by atoms with Crippen molar-refractivity contribution in [2.45, 2.75) is 18.2 Å². The van der Waals surface area contributed by atoms with E-state index in [1.54, 1.807) is 0 Å². The Bertz CT molecular complexity index is 134. The first-order chi connectivity index (χ1) is 4.81. The summed E-state index contributed by atoms with van der Waals surface area (Å²) < 4.78 is 0. The summed E-state index contributed by atoms with van der Waals surface area (Å²) in [6.45, 7) is 3.83. The summed E-state index contributed by atoms with van der Waals surface area (Å²) in [7, 11) is 3.55. The Kier molecular flexibility index (Phi) is 1.50. The van der Waals surface area contributed by atoms with E-state index in [9.17, 15) is 0 Å². The largest absolute Gasteiger partial charge is 0.347 e. The van der Waals surface area contributed by atoms with E-state index in [0.29, 0.717) is 5.31 Å². The molecule has 0 saturated carbocycles. The SMILES string of the molecule is CN1BC2(CCC1)CNC2. The zero-order valence-electron chi connectivity index (χ0n) is 6.69. The van der Waals surface area contributed by atoms with Gasteiger partial charge in [-0.25, -0.2) is 0 Å². The van der Waals surface area contributed by atoms with Gasteiger partial charge in [-0.15, -0.1) is 0 Å². The van der Waals surface area contributed by atoms with Gasteiger partial charge in [-0.1, -0.05) is 0 Å². The molecular weight excluding hydrogens is 123 g/mol. The zero-order valence-corrected chi connectivity index (χ0v) is 6.69. The van der Waals surface area contributed by atoms with Gasteiger partial charge in [0, 0.05) is 0 Å². The van der Waals surface area contributed by atoms with Gasteiger partial charge in [-0.05, 0) is 44.8 Å². The molecule has 0 atom stereocenters. The lowest BCUT2D eigenvalue weighted by Crippen LogP contribution is -2.57. The molecule has 2 aliphatic heterocycles. The standard InChI is InChI=1S/C7H15BN2/c1-10-4-2-3-7(8-10)5-9-6-7/h8-9H,2-6H2,1H3. The molecule has 0 amide bonds. The van der Waals surface area contributed by atoms with Crippen LogP contribution in [0.25, 0.3) is 0 Å². The minimum absolute atomic E-state index is 0.688. The van der Waals surface area contributed by atoms with Crippen molar-refractivity contribution in [1.29, 1.82) is 0 Å². The second-order valence-electron chi connectivity index (χ2n) is 3.94. The normalized spacial score (nSPS) is 31.3. The average Bonchev–Trinajstić information content (AvgIpc) is 1.85. The molecule has 2 heterocycles. The lowest BCUT2D eigenvalue weighted by Gasteiger charge is -2.47. The first-order valence-corrected chi connectivity index (χ1v) is 4.20. The van der Waals surface area contributed by atoms with E-state index >= 15 is 0 Å². The van der Waals surface area contributed by atoms with Gasteiger partial charge >= 0.3 is 0 Å². The molecule has 2 aliphatic rings. The van der Waals surface area contributed by atoms with Crippen LogP contribution in [-0.2, 0) is 0 Å². The molecule has 0 aromatic carbocycles. The van der Waals surface area contributed by atoms with Gasteiger partial charge in [0.2, 0.25) is 7.41 Å². The quantitative estimate of drug-likeness (QED) is 0.467. The molecule has 0 bridgehead atoms. The summed E-state index contributed by atoms with van der Waals surface area (Å²) in [5, 5.41) is 4.05. The Morgan fingerprint density at radius 1 is 1.50 bits per heavy atom. The number of rotatable bonds is 0. The van der Waals surface area contributed by atoms with Crippen LogP contribution in [0.2, 0.25) is 5.31 Å². The van der Waals surface area contributed by atoms with Crippen LogP contribution < -0.4 is 5.32 Å². The topological polar surface area (TPSA) is 15.3 Å². The Morgan fingerprint density at radius 3 is 2.70 bits per heavy atom. The van der Waals surface area contributed by atoms with Crippen molar-refractivity contribution in [1.82, 2.24) is 10.1 Å². The molecule has 10 heavy (non-hydrogen) atoms. The molecule has 3 heteroatoms. The summed E-state index contributed by atoms with van der Waals surface area (Å²) in [5.74, 6) is 0. The molecule has 2 saturated heterocycles. The highest BCUT2D eigenvalue weighted by atomic mass is 15.1. The maximum absolute atomic E-state index is 3.37. The highest BCUT2D eigenvalue weighted by Crippen LogP contribution is 2.38. The summed E-state index contributed by atoms with van der Waals surface area (Å²) in [5.41, 5.74) is 0. The van der Waals surface area contributed by atoms with Crippen LogP contribution in [0.1, 0.15) is 12.8 Å². The van der Waals surface area contributed by atoms with Crippen LogP contribution in [0.15, 0.2) is 0 Å². The van der Waals surface area contributed by atoms with Crippen LogP contribution in [0.3, 0.4) is 0 Å². The van der Waals surface area contributed by atoms with Crippen molar-refractivity contribution in [2.24, 2.45) is 0 Å². The Morgan fingerprint density at radius 2 is 2.30 bits per heavy atom. The summed E-state index contributed by atoms with van der Waals surface area (Å²) in [6.07, 6.45) is 2.85. The Balaban J connectivity index is 1.96. The predicted octanol–water partition coefficient (Wildman–Crippen LogP) is -0.175. The van der Waals surface area contributed by atoms with Crippen molar-refractivity contribution in [3.05, 3.63) is 0 Å². The van der Waals surface area contributed by atoms with Gasteiger partial charge in [0.1, 0.15) is 0 Å². The lowest BCUT2D eigenvalue weighted by atomic mass is 9.51. The molecule has 0 aliphatic carbocycles. The second-order valence-corrected chi connectivity index (χ2v) is 3.94.